The van der Waals surface area contributed by atoms with E-state index < -0.39 is 0 Å². The van der Waals surface area contributed by atoms with Gasteiger partial charge >= 0.3 is 0 Å². The standard InChI is InChI=1S/C12H21ClN4O/c1-10(2)6-16-3-4-18-12(8-16)9-17-7-11(5-13)14-15-17/h7,10,12H,3-6,8-9H2,1-2H3. The van der Waals surface area contributed by atoms with Crippen molar-refractivity contribution in [3.8, 4) is 0 Å². The van der Waals surface area contributed by atoms with Gasteiger partial charge in [0.25, 0.3) is 0 Å². The molecule has 0 amide bonds. The minimum Gasteiger partial charge on any atom is -0.374 e. The number of halogens is 1. The minimum atomic E-state index is 0.197. The third kappa shape index (κ3) is 3.93. The predicted octanol–water partition coefficient (Wildman–Crippen LogP) is 1.37. The molecule has 0 N–H and O–H groups in total. The van der Waals surface area contributed by atoms with Gasteiger partial charge in [-0.3, -0.25) is 4.90 Å². The average molecular weight is 273 g/mol. The van der Waals surface area contributed by atoms with Gasteiger partial charge in [-0.2, -0.15) is 0 Å². The highest BCUT2D eigenvalue weighted by Gasteiger charge is 2.21. The molecule has 2 rings (SSSR count). The molecule has 0 bridgehead atoms. The number of morpholine rings is 1. The molecule has 1 aromatic heterocycles. The van der Waals surface area contributed by atoms with Crippen LogP contribution in [-0.4, -0.2) is 52.2 Å². The lowest BCUT2D eigenvalue weighted by Gasteiger charge is -2.33. The van der Waals surface area contributed by atoms with Crippen LogP contribution in [-0.2, 0) is 17.2 Å². The van der Waals surface area contributed by atoms with Crippen LogP contribution in [0.4, 0.5) is 0 Å². The molecule has 1 atom stereocenters. The number of ether oxygens (including phenoxy) is 1. The summed E-state index contributed by atoms with van der Waals surface area (Å²) in [4.78, 5) is 2.46. The molecule has 2 heterocycles. The van der Waals surface area contributed by atoms with Crippen LogP contribution in [0.2, 0.25) is 0 Å². The summed E-state index contributed by atoms with van der Waals surface area (Å²) in [5.41, 5.74) is 0.812. The van der Waals surface area contributed by atoms with Crippen LogP contribution in [0.15, 0.2) is 6.20 Å². The quantitative estimate of drug-likeness (QED) is 0.760. The van der Waals surface area contributed by atoms with E-state index in [1.165, 1.54) is 0 Å². The minimum absolute atomic E-state index is 0.197. The first-order valence-electron chi connectivity index (χ1n) is 6.46. The maximum absolute atomic E-state index is 5.77. The van der Waals surface area contributed by atoms with Gasteiger partial charge in [0.05, 0.1) is 30.8 Å². The second kappa shape index (κ2) is 6.50. The zero-order valence-electron chi connectivity index (χ0n) is 11.0. The maximum atomic E-state index is 5.77. The molecule has 1 fully saturated rings. The summed E-state index contributed by atoms with van der Waals surface area (Å²) < 4.78 is 7.59. The molecule has 0 spiro atoms. The zero-order chi connectivity index (χ0) is 13.0. The highest BCUT2D eigenvalue weighted by Crippen LogP contribution is 2.10. The number of nitrogens with zero attached hydrogens (tertiary/aromatic N) is 4. The van der Waals surface area contributed by atoms with Crippen LogP contribution in [0.1, 0.15) is 19.5 Å². The topological polar surface area (TPSA) is 43.2 Å². The zero-order valence-corrected chi connectivity index (χ0v) is 11.8. The summed E-state index contributed by atoms with van der Waals surface area (Å²) in [5, 5.41) is 8.03. The average Bonchev–Trinajstić information content (AvgIpc) is 2.76. The maximum Gasteiger partial charge on any atom is 0.0974 e. The van der Waals surface area contributed by atoms with Crippen molar-refractivity contribution in [2.75, 3.05) is 26.2 Å². The number of hydrogen-bond donors (Lipinski definition) is 0. The van der Waals surface area contributed by atoms with Crippen LogP contribution >= 0.6 is 11.6 Å². The lowest BCUT2D eigenvalue weighted by atomic mass is 10.2. The van der Waals surface area contributed by atoms with Crippen LogP contribution in [0, 0.1) is 5.92 Å². The van der Waals surface area contributed by atoms with Crippen LogP contribution < -0.4 is 0 Å². The van der Waals surface area contributed by atoms with E-state index in [1.54, 1.807) is 0 Å². The third-order valence-electron chi connectivity index (χ3n) is 2.96. The van der Waals surface area contributed by atoms with Crippen LogP contribution in [0.5, 0.6) is 0 Å². The number of aromatic nitrogens is 3. The molecule has 18 heavy (non-hydrogen) atoms. The predicted molar refractivity (Wildman–Crippen MR) is 70.6 cm³/mol. The van der Waals surface area contributed by atoms with Crippen molar-refractivity contribution in [1.82, 2.24) is 19.9 Å². The molecule has 5 nitrogen and oxygen atoms in total. The Morgan fingerprint density at radius 3 is 3.06 bits per heavy atom. The van der Waals surface area contributed by atoms with Crippen molar-refractivity contribution in [3.63, 3.8) is 0 Å². The molecule has 1 aromatic rings. The van der Waals surface area contributed by atoms with E-state index >= 15 is 0 Å². The molecule has 1 aliphatic rings. The van der Waals surface area contributed by atoms with Crippen molar-refractivity contribution < 1.29 is 4.74 Å². The third-order valence-corrected chi connectivity index (χ3v) is 3.23. The summed E-state index contributed by atoms with van der Waals surface area (Å²) in [7, 11) is 0. The highest BCUT2D eigenvalue weighted by molar-refractivity contribution is 6.16. The largest absolute Gasteiger partial charge is 0.374 e. The van der Waals surface area contributed by atoms with E-state index in [9.17, 15) is 0 Å². The Balaban J connectivity index is 1.85. The van der Waals surface area contributed by atoms with Crippen molar-refractivity contribution in [2.24, 2.45) is 5.92 Å². The van der Waals surface area contributed by atoms with Gasteiger partial charge < -0.3 is 4.74 Å². The van der Waals surface area contributed by atoms with E-state index in [2.05, 4.69) is 29.1 Å². The molecule has 1 saturated heterocycles. The van der Waals surface area contributed by atoms with Gasteiger partial charge in [-0.05, 0) is 5.92 Å². The molecule has 102 valence electrons. The number of alkyl halides is 1. The Bertz CT molecular complexity index is 369. The van der Waals surface area contributed by atoms with Crippen molar-refractivity contribution in [1.29, 1.82) is 0 Å². The molecule has 0 aromatic carbocycles. The molecular weight excluding hydrogens is 252 g/mol. The van der Waals surface area contributed by atoms with Gasteiger partial charge in [0.2, 0.25) is 0 Å². The van der Waals surface area contributed by atoms with Gasteiger partial charge in [0.15, 0.2) is 0 Å². The molecule has 0 radical (unpaired) electrons. The smallest absolute Gasteiger partial charge is 0.0974 e. The number of rotatable bonds is 5. The van der Waals surface area contributed by atoms with Gasteiger partial charge in [-0.25, -0.2) is 4.68 Å². The summed E-state index contributed by atoms with van der Waals surface area (Å²) in [6.45, 7) is 9.16. The van der Waals surface area contributed by atoms with Crippen molar-refractivity contribution >= 4 is 11.6 Å². The Labute approximate surface area is 113 Å². The molecule has 6 heteroatoms. The Morgan fingerprint density at radius 1 is 1.56 bits per heavy atom. The van der Waals surface area contributed by atoms with E-state index in [-0.39, 0.29) is 6.10 Å². The van der Waals surface area contributed by atoms with Gasteiger partial charge in [-0.1, -0.05) is 19.1 Å². The molecule has 0 aliphatic carbocycles. The van der Waals surface area contributed by atoms with Crippen LogP contribution in [0.3, 0.4) is 0 Å². The van der Waals surface area contributed by atoms with E-state index in [0.29, 0.717) is 11.8 Å². The summed E-state index contributed by atoms with van der Waals surface area (Å²) in [5.74, 6) is 1.10. The summed E-state index contributed by atoms with van der Waals surface area (Å²) in [6.07, 6.45) is 2.08. The Hall–Kier alpha value is -0.650. The summed E-state index contributed by atoms with van der Waals surface area (Å²) in [6, 6.07) is 0. The van der Waals surface area contributed by atoms with Gasteiger partial charge in [0.1, 0.15) is 0 Å². The second-order valence-electron chi connectivity index (χ2n) is 5.21. The monoisotopic (exact) mass is 272 g/mol. The Morgan fingerprint density at radius 2 is 2.39 bits per heavy atom. The van der Waals surface area contributed by atoms with Crippen molar-refractivity contribution in [2.45, 2.75) is 32.4 Å². The number of hydrogen-bond acceptors (Lipinski definition) is 4. The Kier molecular flexibility index (Phi) is 4.97. The van der Waals surface area contributed by atoms with E-state index in [4.69, 9.17) is 16.3 Å². The highest BCUT2D eigenvalue weighted by atomic mass is 35.5. The van der Waals surface area contributed by atoms with E-state index in [0.717, 1.165) is 38.5 Å². The van der Waals surface area contributed by atoms with E-state index in [1.807, 2.05) is 10.9 Å². The van der Waals surface area contributed by atoms with Crippen molar-refractivity contribution in [3.05, 3.63) is 11.9 Å². The lowest BCUT2D eigenvalue weighted by molar-refractivity contribution is -0.0406. The first-order chi connectivity index (χ1) is 8.67. The first-order valence-corrected chi connectivity index (χ1v) is 6.99. The summed E-state index contributed by atoms with van der Waals surface area (Å²) >= 11 is 5.71. The molecule has 1 aliphatic heterocycles. The van der Waals surface area contributed by atoms with Gasteiger partial charge in [0, 0.05) is 25.8 Å². The fraction of sp³-hybridized carbons (Fsp3) is 0.833. The fourth-order valence-corrected chi connectivity index (χ4v) is 2.39. The SMILES string of the molecule is CC(C)CN1CCOC(Cn2cc(CCl)nn2)C1. The molecule has 0 saturated carbocycles. The van der Waals surface area contributed by atoms with Gasteiger partial charge in [-0.15, -0.1) is 16.7 Å². The molecular formula is C12H21ClN4O. The normalized spacial score (nSPS) is 21.7. The van der Waals surface area contributed by atoms with Crippen LogP contribution in [0.25, 0.3) is 0 Å². The second-order valence-corrected chi connectivity index (χ2v) is 5.48. The molecule has 1 unspecified atom stereocenters. The lowest BCUT2D eigenvalue weighted by Crippen LogP contribution is -2.45. The first kappa shape index (κ1) is 13.8. The fourth-order valence-electron chi connectivity index (χ4n) is 2.27.